The summed E-state index contributed by atoms with van der Waals surface area (Å²) in [5.74, 6) is -0.854. The minimum absolute atomic E-state index is 0.0412. The number of hydrogen-bond acceptors (Lipinski definition) is 5. The molecule has 3 aliphatic heterocycles. The fourth-order valence-electron chi connectivity index (χ4n) is 3.72. The summed E-state index contributed by atoms with van der Waals surface area (Å²) in [6, 6.07) is 6.35. The fraction of sp³-hybridized carbons (Fsp3) is 0.500. The number of hydrogen-bond donors (Lipinski definition) is 1. The van der Waals surface area contributed by atoms with E-state index in [0.717, 1.165) is 19.4 Å². The number of benzene rings is 1. The quantitative estimate of drug-likeness (QED) is 0.828. The Bertz CT molecular complexity index is 713. The lowest BCUT2D eigenvalue weighted by molar-refractivity contribution is -0.145. The van der Waals surface area contributed by atoms with Crippen LogP contribution in [0.2, 0.25) is 0 Å². The van der Waals surface area contributed by atoms with E-state index in [0.29, 0.717) is 24.1 Å². The lowest BCUT2D eigenvalue weighted by Crippen LogP contribution is -2.47. The molecule has 0 spiro atoms. The third kappa shape index (κ3) is 2.89. The average Bonchev–Trinajstić information content (AvgIpc) is 3.33. The lowest BCUT2D eigenvalue weighted by atomic mass is 10.1. The van der Waals surface area contributed by atoms with Gasteiger partial charge in [-0.3, -0.25) is 14.5 Å². The molecule has 1 aromatic rings. The van der Waals surface area contributed by atoms with Crippen molar-refractivity contribution < 1.29 is 23.9 Å². The molecule has 0 unspecified atom stereocenters. The van der Waals surface area contributed by atoms with Gasteiger partial charge >= 0.3 is 5.97 Å². The second kappa shape index (κ2) is 6.48. The highest BCUT2D eigenvalue weighted by Gasteiger charge is 2.46. The molecule has 25 heavy (non-hydrogen) atoms. The number of cyclic esters (lactones) is 1. The molecule has 0 aliphatic carbocycles. The second-order valence-electron chi connectivity index (χ2n) is 6.58. The highest BCUT2D eigenvalue weighted by Crippen LogP contribution is 2.38. The summed E-state index contributed by atoms with van der Waals surface area (Å²) < 4.78 is 10.9. The van der Waals surface area contributed by atoms with E-state index in [1.165, 1.54) is 4.90 Å². The van der Waals surface area contributed by atoms with Crippen molar-refractivity contribution in [1.82, 2.24) is 10.2 Å². The molecule has 7 nitrogen and oxygen atoms in total. The largest absolute Gasteiger partial charge is 0.433 e. The summed E-state index contributed by atoms with van der Waals surface area (Å²) in [6.45, 7) is 1.17. The van der Waals surface area contributed by atoms with Crippen LogP contribution in [-0.4, -0.2) is 48.0 Å². The summed E-state index contributed by atoms with van der Waals surface area (Å²) in [4.78, 5) is 38.4. The van der Waals surface area contributed by atoms with Gasteiger partial charge in [-0.1, -0.05) is 18.2 Å². The summed E-state index contributed by atoms with van der Waals surface area (Å²) in [6.07, 6.45) is 1.85. The van der Waals surface area contributed by atoms with Gasteiger partial charge in [0.15, 0.2) is 0 Å². The maximum Gasteiger partial charge on any atom is 0.340 e. The molecule has 1 aromatic carbocycles. The third-order valence-corrected chi connectivity index (χ3v) is 5.00. The van der Waals surface area contributed by atoms with E-state index < -0.39 is 18.2 Å². The van der Waals surface area contributed by atoms with Crippen LogP contribution in [0, 0.1) is 0 Å². The zero-order valence-corrected chi connectivity index (χ0v) is 13.8. The number of esters is 1. The Morgan fingerprint density at radius 2 is 2.08 bits per heavy atom. The van der Waals surface area contributed by atoms with Crippen molar-refractivity contribution in [2.75, 3.05) is 13.2 Å². The SMILES string of the molecule is O=C1O[C@@H](N2C(=O)CC[C@H]2C(=O)NC[C@@H]2CCCO2)c2ccccc21. The Kier molecular flexibility index (Phi) is 4.17. The molecule has 2 fully saturated rings. The number of carbonyl (C=O) groups is 3. The first-order valence-corrected chi connectivity index (χ1v) is 8.65. The second-order valence-corrected chi connectivity index (χ2v) is 6.58. The Hall–Kier alpha value is -2.41. The number of ether oxygens (including phenoxy) is 2. The van der Waals surface area contributed by atoms with Crippen molar-refractivity contribution in [2.45, 2.75) is 44.1 Å². The lowest BCUT2D eigenvalue weighted by Gasteiger charge is -2.29. The van der Waals surface area contributed by atoms with Crippen LogP contribution < -0.4 is 5.32 Å². The van der Waals surface area contributed by atoms with E-state index >= 15 is 0 Å². The Morgan fingerprint density at radius 3 is 2.88 bits per heavy atom. The smallest absolute Gasteiger partial charge is 0.340 e. The Morgan fingerprint density at radius 1 is 1.24 bits per heavy atom. The van der Waals surface area contributed by atoms with Gasteiger partial charge in [-0.2, -0.15) is 0 Å². The van der Waals surface area contributed by atoms with Crippen molar-refractivity contribution in [2.24, 2.45) is 0 Å². The number of nitrogens with zero attached hydrogens (tertiary/aromatic N) is 1. The van der Waals surface area contributed by atoms with Crippen molar-refractivity contribution in [1.29, 1.82) is 0 Å². The van der Waals surface area contributed by atoms with Gasteiger partial charge in [0.05, 0.1) is 11.7 Å². The van der Waals surface area contributed by atoms with E-state index in [9.17, 15) is 14.4 Å². The van der Waals surface area contributed by atoms with E-state index in [4.69, 9.17) is 9.47 Å². The molecule has 3 atom stereocenters. The predicted molar refractivity (Wildman–Crippen MR) is 86.5 cm³/mol. The van der Waals surface area contributed by atoms with E-state index in [2.05, 4.69) is 5.32 Å². The highest BCUT2D eigenvalue weighted by atomic mass is 16.6. The first-order chi connectivity index (χ1) is 12.1. The molecule has 0 bridgehead atoms. The minimum Gasteiger partial charge on any atom is -0.433 e. The standard InChI is InChI=1S/C18H20N2O5/c21-15-8-7-14(16(22)19-10-11-4-3-9-24-11)20(15)17-12-5-1-2-6-13(12)18(23)25-17/h1-2,5-6,11,14,17H,3-4,7-10H2,(H,19,22)/t11-,14-,17+/m0/s1. The average molecular weight is 344 g/mol. The normalized spacial score (nSPS) is 28.2. The molecule has 4 rings (SSSR count). The summed E-state index contributed by atoms with van der Waals surface area (Å²) >= 11 is 0. The summed E-state index contributed by atoms with van der Waals surface area (Å²) in [5, 5.41) is 2.88. The van der Waals surface area contributed by atoms with Gasteiger partial charge in [0.2, 0.25) is 18.0 Å². The topological polar surface area (TPSA) is 84.9 Å². The molecule has 0 aromatic heterocycles. The van der Waals surface area contributed by atoms with Crippen LogP contribution in [-0.2, 0) is 19.1 Å². The van der Waals surface area contributed by atoms with Gasteiger partial charge in [-0.25, -0.2) is 4.79 Å². The predicted octanol–water partition coefficient (Wildman–Crippen LogP) is 1.14. The van der Waals surface area contributed by atoms with Crippen molar-refractivity contribution in [3.05, 3.63) is 35.4 Å². The zero-order chi connectivity index (χ0) is 17.4. The fourth-order valence-corrected chi connectivity index (χ4v) is 3.72. The molecule has 2 saturated heterocycles. The number of likely N-dealkylation sites (tertiary alicyclic amines) is 1. The van der Waals surface area contributed by atoms with Crippen molar-refractivity contribution >= 4 is 17.8 Å². The van der Waals surface area contributed by atoms with Crippen LogP contribution in [0.25, 0.3) is 0 Å². The van der Waals surface area contributed by atoms with Gasteiger partial charge in [0, 0.05) is 25.1 Å². The Labute approximate surface area is 145 Å². The number of carbonyl (C=O) groups excluding carboxylic acids is 3. The minimum atomic E-state index is -0.822. The molecule has 7 heteroatoms. The van der Waals surface area contributed by atoms with Crippen molar-refractivity contribution in [3.63, 3.8) is 0 Å². The maximum absolute atomic E-state index is 12.6. The van der Waals surface area contributed by atoms with E-state index in [-0.39, 0.29) is 24.3 Å². The molecule has 2 amide bonds. The van der Waals surface area contributed by atoms with Crippen molar-refractivity contribution in [3.8, 4) is 0 Å². The van der Waals surface area contributed by atoms with Gasteiger partial charge in [0.1, 0.15) is 6.04 Å². The van der Waals surface area contributed by atoms with Gasteiger partial charge < -0.3 is 14.8 Å². The van der Waals surface area contributed by atoms with Crippen LogP contribution in [0.3, 0.4) is 0 Å². The molecule has 0 saturated carbocycles. The Balaban J connectivity index is 1.50. The summed E-state index contributed by atoms with van der Waals surface area (Å²) in [5.41, 5.74) is 1.09. The van der Waals surface area contributed by atoms with Gasteiger partial charge in [0.25, 0.3) is 0 Å². The van der Waals surface area contributed by atoms with Crippen LogP contribution >= 0.6 is 0 Å². The van der Waals surface area contributed by atoms with Gasteiger partial charge in [-0.15, -0.1) is 0 Å². The molecular formula is C18H20N2O5. The molecule has 3 heterocycles. The van der Waals surface area contributed by atoms with E-state index in [1.807, 2.05) is 0 Å². The molecule has 0 radical (unpaired) electrons. The third-order valence-electron chi connectivity index (χ3n) is 5.00. The van der Waals surface area contributed by atoms with Crippen LogP contribution in [0.1, 0.15) is 47.8 Å². The van der Waals surface area contributed by atoms with Crippen LogP contribution in [0.5, 0.6) is 0 Å². The van der Waals surface area contributed by atoms with Crippen LogP contribution in [0.15, 0.2) is 24.3 Å². The van der Waals surface area contributed by atoms with E-state index in [1.54, 1.807) is 24.3 Å². The number of fused-ring (bicyclic) bond motifs is 1. The highest BCUT2D eigenvalue weighted by molar-refractivity contribution is 5.96. The number of amides is 2. The maximum atomic E-state index is 12.6. The first-order valence-electron chi connectivity index (χ1n) is 8.65. The zero-order valence-electron chi connectivity index (χ0n) is 13.8. The first kappa shape index (κ1) is 16.1. The molecule has 3 aliphatic rings. The number of rotatable bonds is 4. The molecule has 132 valence electrons. The number of nitrogens with one attached hydrogen (secondary N) is 1. The monoisotopic (exact) mass is 344 g/mol. The summed E-state index contributed by atoms with van der Waals surface area (Å²) in [7, 11) is 0. The molecular weight excluding hydrogens is 324 g/mol. The van der Waals surface area contributed by atoms with Gasteiger partial charge in [-0.05, 0) is 25.3 Å². The molecule has 1 N–H and O–H groups in total. The van der Waals surface area contributed by atoms with Crippen LogP contribution in [0.4, 0.5) is 0 Å².